The maximum Gasteiger partial charge on any atom is 0.292 e. The Morgan fingerprint density at radius 3 is 2.43 bits per heavy atom. The van der Waals surface area contributed by atoms with Gasteiger partial charge in [-0.15, -0.1) is 0 Å². The Morgan fingerprint density at radius 2 is 1.95 bits per heavy atom. The van der Waals surface area contributed by atoms with Crippen molar-refractivity contribution in [3.63, 3.8) is 0 Å². The predicted molar refractivity (Wildman–Crippen MR) is 82.0 cm³/mol. The number of hydrogen-bond donors (Lipinski definition) is 2. The summed E-state index contributed by atoms with van der Waals surface area (Å²) in [6.07, 6.45) is 1.54. The summed E-state index contributed by atoms with van der Waals surface area (Å²) in [6, 6.07) is 3.69. The quantitative estimate of drug-likeness (QED) is 0.594. The minimum Gasteiger partial charge on any atom is -0.383 e. The second kappa shape index (κ2) is 6.40. The lowest BCUT2D eigenvalue weighted by molar-refractivity contribution is -0.384. The van der Waals surface area contributed by atoms with E-state index in [1.54, 1.807) is 13.8 Å². The molecule has 7 nitrogen and oxygen atoms in total. The molecule has 0 fully saturated rings. The van der Waals surface area contributed by atoms with Gasteiger partial charge in [-0.25, -0.2) is 13.1 Å². The van der Waals surface area contributed by atoms with E-state index >= 15 is 0 Å². The van der Waals surface area contributed by atoms with Crippen LogP contribution in [0, 0.1) is 10.1 Å². The van der Waals surface area contributed by atoms with Crippen LogP contribution in [-0.4, -0.2) is 25.9 Å². The zero-order valence-electron chi connectivity index (χ0n) is 12.6. The molecule has 0 bridgehead atoms. The van der Waals surface area contributed by atoms with E-state index in [1.807, 2.05) is 6.92 Å². The van der Waals surface area contributed by atoms with E-state index in [1.165, 1.54) is 25.2 Å². The first-order valence-corrected chi connectivity index (χ1v) is 8.11. The van der Waals surface area contributed by atoms with Gasteiger partial charge in [0.25, 0.3) is 5.69 Å². The molecule has 0 atom stereocenters. The van der Waals surface area contributed by atoms with Gasteiger partial charge in [0.15, 0.2) is 0 Å². The van der Waals surface area contributed by atoms with Crippen molar-refractivity contribution in [2.45, 2.75) is 44.0 Å². The van der Waals surface area contributed by atoms with Crippen molar-refractivity contribution in [1.29, 1.82) is 0 Å². The highest BCUT2D eigenvalue weighted by Crippen LogP contribution is 2.27. The lowest BCUT2D eigenvalue weighted by Crippen LogP contribution is -2.43. The Bertz CT molecular complexity index is 626. The van der Waals surface area contributed by atoms with E-state index in [-0.39, 0.29) is 16.3 Å². The van der Waals surface area contributed by atoms with E-state index in [2.05, 4.69) is 10.0 Å². The summed E-state index contributed by atoms with van der Waals surface area (Å²) in [7, 11) is -2.22. The second-order valence-corrected chi connectivity index (χ2v) is 7.11. The zero-order valence-corrected chi connectivity index (χ0v) is 13.5. The summed E-state index contributed by atoms with van der Waals surface area (Å²) in [5.41, 5.74) is -0.574. The molecule has 2 N–H and O–H groups in total. The fourth-order valence-electron chi connectivity index (χ4n) is 2.14. The standard InChI is InChI=1S/C13H21N3O4S/c1-5-8-13(2,3)15-21(19,20)10-6-7-12(16(17)18)11(9-10)14-4/h6-7,9,14-15H,5,8H2,1-4H3. The molecule has 8 heteroatoms. The van der Waals surface area contributed by atoms with E-state index in [9.17, 15) is 18.5 Å². The average Bonchev–Trinajstić information content (AvgIpc) is 2.36. The molecule has 0 amide bonds. The smallest absolute Gasteiger partial charge is 0.292 e. The fraction of sp³-hybridized carbons (Fsp3) is 0.538. The van der Waals surface area contributed by atoms with E-state index in [4.69, 9.17) is 0 Å². The van der Waals surface area contributed by atoms with Gasteiger partial charge in [0.05, 0.1) is 9.82 Å². The van der Waals surface area contributed by atoms with Crippen molar-refractivity contribution in [2.24, 2.45) is 0 Å². The van der Waals surface area contributed by atoms with Gasteiger partial charge >= 0.3 is 0 Å². The first-order valence-electron chi connectivity index (χ1n) is 6.63. The van der Waals surface area contributed by atoms with Gasteiger partial charge < -0.3 is 5.32 Å². The normalized spacial score (nSPS) is 12.2. The van der Waals surface area contributed by atoms with Gasteiger partial charge in [-0.05, 0) is 32.4 Å². The van der Waals surface area contributed by atoms with Crippen LogP contribution in [0.2, 0.25) is 0 Å². The van der Waals surface area contributed by atoms with Crippen LogP contribution >= 0.6 is 0 Å². The van der Waals surface area contributed by atoms with Gasteiger partial charge in [0.1, 0.15) is 5.69 Å². The number of hydrogen-bond acceptors (Lipinski definition) is 5. The van der Waals surface area contributed by atoms with Gasteiger partial charge in [-0.3, -0.25) is 10.1 Å². The average molecular weight is 315 g/mol. The Balaban J connectivity index is 3.18. The highest BCUT2D eigenvalue weighted by atomic mass is 32.2. The molecule has 0 radical (unpaired) electrons. The van der Waals surface area contributed by atoms with Crippen LogP contribution in [0.1, 0.15) is 33.6 Å². The lowest BCUT2D eigenvalue weighted by Gasteiger charge is -2.25. The molecule has 0 aromatic heterocycles. The van der Waals surface area contributed by atoms with Crippen LogP contribution in [-0.2, 0) is 10.0 Å². The molecule has 1 aromatic rings. The van der Waals surface area contributed by atoms with Crippen LogP contribution in [0.15, 0.2) is 23.1 Å². The van der Waals surface area contributed by atoms with Gasteiger partial charge in [0.2, 0.25) is 10.0 Å². The molecule has 0 spiro atoms. The molecular weight excluding hydrogens is 294 g/mol. The Hall–Kier alpha value is -1.67. The second-order valence-electron chi connectivity index (χ2n) is 5.43. The number of nitro groups is 1. The van der Waals surface area contributed by atoms with Crippen molar-refractivity contribution >= 4 is 21.4 Å². The number of rotatable bonds is 7. The van der Waals surface area contributed by atoms with E-state index in [0.717, 1.165) is 6.42 Å². The number of nitro benzene ring substituents is 1. The number of sulfonamides is 1. The fourth-order valence-corrected chi connectivity index (χ4v) is 3.61. The topological polar surface area (TPSA) is 101 Å². The number of benzene rings is 1. The summed E-state index contributed by atoms with van der Waals surface area (Å²) < 4.78 is 27.4. The SMILES string of the molecule is CCCC(C)(C)NS(=O)(=O)c1ccc([N+](=O)[O-])c(NC)c1. The summed E-state index contributed by atoms with van der Waals surface area (Å²) in [6.45, 7) is 5.58. The summed E-state index contributed by atoms with van der Waals surface area (Å²) in [5, 5.41) is 13.5. The summed E-state index contributed by atoms with van der Waals surface area (Å²) in [4.78, 5) is 10.3. The van der Waals surface area contributed by atoms with E-state index in [0.29, 0.717) is 6.42 Å². The first-order chi connectivity index (χ1) is 9.63. The van der Waals surface area contributed by atoms with Crippen molar-refractivity contribution in [3.8, 4) is 0 Å². The Morgan fingerprint density at radius 1 is 1.33 bits per heavy atom. The molecule has 0 aliphatic carbocycles. The van der Waals surface area contributed by atoms with Gasteiger partial charge in [-0.2, -0.15) is 0 Å². The van der Waals surface area contributed by atoms with Crippen molar-refractivity contribution in [1.82, 2.24) is 4.72 Å². The Labute approximate surface area is 124 Å². The lowest BCUT2D eigenvalue weighted by atomic mass is 10.0. The monoisotopic (exact) mass is 315 g/mol. The van der Waals surface area contributed by atoms with Crippen LogP contribution < -0.4 is 10.0 Å². The van der Waals surface area contributed by atoms with Crippen LogP contribution in [0.3, 0.4) is 0 Å². The van der Waals surface area contributed by atoms with Gasteiger partial charge in [-0.1, -0.05) is 13.3 Å². The van der Waals surface area contributed by atoms with Crippen molar-refractivity contribution in [2.75, 3.05) is 12.4 Å². The molecule has 1 rings (SSSR count). The third-order valence-electron chi connectivity index (χ3n) is 3.03. The molecule has 0 heterocycles. The maximum absolute atomic E-state index is 12.4. The van der Waals surface area contributed by atoms with E-state index < -0.39 is 20.5 Å². The number of nitrogens with one attached hydrogen (secondary N) is 2. The minimum absolute atomic E-state index is 0.00151. The van der Waals surface area contributed by atoms with Crippen molar-refractivity contribution < 1.29 is 13.3 Å². The third kappa shape index (κ3) is 4.40. The zero-order chi connectivity index (χ0) is 16.3. The number of nitrogens with zero attached hydrogens (tertiary/aromatic N) is 1. The molecule has 0 unspecified atom stereocenters. The molecule has 0 saturated carbocycles. The summed E-state index contributed by atoms with van der Waals surface area (Å²) in [5.74, 6) is 0. The maximum atomic E-state index is 12.4. The predicted octanol–water partition coefficient (Wildman–Crippen LogP) is 2.49. The largest absolute Gasteiger partial charge is 0.383 e. The minimum atomic E-state index is -3.73. The highest BCUT2D eigenvalue weighted by Gasteiger charge is 2.27. The molecule has 0 aliphatic rings. The van der Waals surface area contributed by atoms with Gasteiger partial charge in [0, 0.05) is 18.7 Å². The molecule has 118 valence electrons. The molecule has 0 aliphatic heterocycles. The first kappa shape index (κ1) is 17.4. The molecular formula is C13H21N3O4S. The van der Waals surface area contributed by atoms with Crippen molar-refractivity contribution in [3.05, 3.63) is 28.3 Å². The summed E-state index contributed by atoms with van der Waals surface area (Å²) >= 11 is 0. The number of anilines is 1. The molecule has 21 heavy (non-hydrogen) atoms. The molecule has 0 saturated heterocycles. The van der Waals surface area contributed by atoms with Crippen LogP contribution in [0.5, 0.6) is 0 Å². The van der Waals surface area contributed by atoms with Crippen LogP contribution in [0.4, 0.5) is 11.4 Å². The Kier molecular flexibility index (Phi) is 5.30. The third-order valence-corrected chi connectivity index (χ3v) is 4.73. The highest BCUT2D eigenvalue weighted by molar-refractivity contribution is 7.89. The van der Waals surface area contributed by atoms with Crippen LogP contribution in [0.25, 0.3) is 0 Å². The molecule has 1 aromatic carbocycles.